The molecule has 0 aliphatic carbocycles. The predicted molar refractivity (Wildman–Crippen MR) is 62.9 cm³/mol. The molecule has 5 nitrogen and oxygen atoms in total. The summed E-state index contributed by atoms with van der Waals surface area (Å²) >= 11 is 0. The Balaban J connectivity index is 5.44. The molecule has 0 radical (unpaired) electrons. The summed E-state index contributed by atoms with van der Waals surface area (Å²) in [6.07, 6.45) is 1.99. The lowest BCUT2D eigenvalue weighted by molar-refractivity contribution is -0.122. The maximum absolute atomic E-state index is 11.6. The number of amides is 1. The van der Waals surface area contributed by atoms with Crippen LogP contribution in [0.4, 0.5) is 0 Å². The molecular weight excluding hydrogens is 229 g/mol. The molecule has 2 unspecified atom stereocenters. The summed E-state index contributed by atoms with van der Waals surface area (Å²) in [5.41, 5.74) is 5.24. The minimum Gasteiger partial charge on any atom is -0.369 e. The third-order valence-electron chi connectivity index (χ3n) is 3.11. The number of hydrogen-bond acceptors (Lipinski definition) is 2. The number of carbonyl (C=O) groups excluding carboxylic acids is 1. The second kappa shape index (κ2) is 5.80. The molecule has 0 aromatic rings. The molecule has 0 aromatic heterocycles. The van der Waals surface area contributed by atoms with Gasteiger partial charge in [-0.3, -0.25) is 9.36 Å². The van der Waals surface area contributed by atoms with E-state index >= 15 is 0 Å². The van der Waals surface area contributed by atoms with Gasteiger partial charge in [-0.05, 0) is 18.8 Å². The van der Waals surface area contributed by atoms with Crippen molar-refractivity contribution < 1.29 is 19.1 Å². The summed E-state index contributed by atoms with van der Waals surface area (Å²) in [6.45, 7) is 5.38. The topological polar surface area (TPSA) is 101 Å². The van der Waals surface area contributed by atoms with Crippen molar-refractivity contribution in [2.24, 2.45) is 11.7 Å². The van der Waals surface area contributed by atoms with Crippen LogP contribution >= 0.6 is 7.60 Å². The van der Waals surface area contributed by atoms with Crippen LogP contribution in [0.3, 0.4) is 0 Å². The minimum atomic E-state index is -4.54. The van der Waals surface area contributed by atoms with Gasteiger partial charge in [-0.15, -0.1) is 0 Å². The molecule has 2 atom stereocenters. The van der Waals surface area contributed by atoms with Crippen molar-refractivity contribution in [3.8, 4) is 0 Å². The van der Waals surface area contributed by atoms with Gasteiger partial charge in [-0.2, -0.15) is 0 Å². The second-order valence-corrected chi connectivity index (χ2v) is 6.16. The van der Waals surface area contributed by atoms with Gasteiger partial charge in [0.15, 0.2) is 5.16 Å². The Morgan fingerprint density at radius 3 is 2.12 bits per heavy atom. The van der Waals surface area contributed by atoms with Gasteiger partial charge < -0.3 is 15.5 Å². The van der Waals surface area contributed by atoms with E-state index in [2.05, 4.69) is 0 Å². The maximum Gasteiger partial charge on any atom is 0.341 e. The highest BCUT2D eigenvalue weighted by Gasteiger charge is 2.54. The van der Waals surface area contributed by atoms with Crippen molar-refractivity contribution in [2.75, 3.05) is 0 Å². The minimum absolute atomic E-state index is 0.133. The summed E-state index contributed by atoms with van der Waals surface area (Å²) in [6, 6.07) is 0. The van der Waals surface area contributed by atoms with Crippen LogP contribution in [0, 0.1) is 5.92 Å². The molecule has 0 heterocycles. The van der Waals surface area contributed by atoms with Crippen molar-refractivity contribution in [1.82, 2.24) is 0 Å². The van der Waals surface area contributed by atoms with Gasteiger partial charge in [0.2, 0.25) is 5.91 Å². The molecule has 0 spiro atoms. The zero-order valence-electron chi connectivity index (χ0n) is 10.1. The van der Waals surface area contributed by atoms with Gasteiger partial charge >= 0.3 is 7.60 Å². The molecule has 0 aliphatic heterocycles. The Labute approximate surface area is 96.6 Å². The molecule has 1 amide bonds. The first-order valence-electron chi connectivity index (χ1n) is 5.59. The van der Waals surface area contributed by atoms with Crippen LogP contribution in [0.15, 0.2) is 0 Å². The number of hydrogen-bond donors (Lipinski definition) is 3. The van der Waals surface area contributed by atoms with Crippen LogP contribution in [-0.4, -0.2) is 20.9 Å². The summed E-state index contributed by atoms with van der Waals surface area (Å²) in [5.74, 6) is -1.29. The van der Waals surface area contributed by atoms with Gasteiger partial charge in [0.25, 0.3) is 0 Å². The fourth-order valence-electron chi connectivity index (χ4n) is 2.24. The standard InChI is InChI=1S/C10H22NO4P/c1-4-6-8(3)10(7-5-2,9(11)12)16(13,14)15/h8H,4-7H2,1-3H3,(H2,11,12)(H2,13,14,15). The Kier molecular flexibility index (Phi) is 5.66. The monoisotopic (exact) mass is 251 g/mol. The first-order chi connectivity index (χ1) is 7.24. The van der Waals surface area contributed by atoms with E-state index < -0.39 is 24.6 Å². The summed E-state index contributed by atoms with van der Waals surface area (Å²) in [4.78, 5) is 30.4. The lowest BCUT2D eigenvalue weighted by Gasteiger charge is -2.36. The molecule has 0 saturated carbocycles. The van der Waals surface area contributed by atoms with E-state index in [1.807, 2.05) is 6.92 Å². The number of carbonyl (C=O) groups is 1. The number of rotatable bonds is 7. The fraction of sp³-hybridized carbons (Fsp3) is 0.900. The highest BCUT2D eigenvalue weighted by Crippen LogP contribution is 2.57. The van der Waals surface area contributed by atoms with E-state index in [4.69, 9.17) is 5.73 Å². The molecule has 16 heavy (non-hydrogen) atoms. The molecule has 0 fully saturated rings. The van der Waals surface area contributed by atoms with Crippen LogP contribution < -0.4 is 5.73 Å². The van der Waals surface area contributed by atoms with E-state index in [0.29, 0.717) is 12.8 Å². The van der Waals surface area contributed by atoms with Crippen LogP contribution in [0.25, 0.3) is 0 Å². The van der Waals surface area contributed by atoms with E-state index in [0.717, 1.165) is 6.42 Å². The number of nitrogens with two attached hydrogens (primary N) is 1. The summed E-state index contributed by atoms with van der Waals surface area (Å²) in [7, 11) is -4.54. The van der Waals surface area contributed by atoms with Crippen LogP contribution in [0.1, 0.15) is 46.5 Å². The van der Waals surface area contributed by atoms with E-state index in [9.17, 15) is 19.1 Å². The average Bonchev–Trinajstić information content (AvgIpc) is 2.11. The molecule has 0 rings (SSSR count). The molecule has 0 bridgehead atoms. The SMILES string of the molecule is CCCC(C)C(CCC)(C(N)=O)P(=O)(O)O. The quantitative estimate of drug-likeness (QED) is 0.598. The lowest BCUT2D eigenvalue weighted by Crippen LogP contribution is -2.48. The van der Waals surface area contributed by atoms with E-state index in [-0.39, 0.29) is 6.42 Å². The molecule has 0 aromatic carbocycles. The Hall–Kier alpha value is -0.380. The largest absolute Gasteiger partial charge is 0.369 e. The lowest BCUT2D eigenvalue weighted by atomic mass is 9.85. The first-order valence-corrected chi connectivity index (χ1v) is 7.20. The summed E-state index contributed by atoms with van der Waals surface area (Å²) < 4.78 is 11.6. The van der Waals surface area contributed by atoms with Crippen molar-refractivity contribution in [2.45, 2.75) is 51.6 Å². The zero-order valence-corrected chi connectivity index (χ0v) is 11.0. The van der Waals surface area contributed by atoms with Crippen molar-refractivity contribution >= 4 is 13.5 Å². The second-order valence-electron chi connectivity index (χ2n) is 4.27. The van der Waals surface area contributed by atoms with Gasteiger partial charge in [0, 0.05) is 0 Å². The molecule has 96 valence electrons. The van der Waals surface area contributed by atoms with Gasteiger partial charge in [0.1, 0.15) is 0 Å². The molecule has 6 heteroatoms. The van der Waals surface area contributed by atoms with Crippen LogP contribution in [-0.2, 0) is 9.36 Å². The van der Waals surface area contributed by atoms with Crippen molar-refractivity contribution in [1.29, 1.82) is 0 Å². The smallest absolute Gasteiger partial charge is 0.341 e. The van der Waals surface area contributed by atoms with Gasteiger partial charge in [-0.25, -0.2) is 0 Å². The zero-order chi connectivity index (χ0) is 13.0. The maximum atomic E-state index is 11.6. The Morgan fingerprint density at radius 2 is 1.88 bits per heavy atom. The third kappa shape index (κ3) is 2.84. The first kappa shape index (κ1) is 15.6. The fourth-order valence-corrected chi connectivity index (χ4v) is 3.75. The van der Waals surface area contributed by atoms with Crippen molar-refractivity contribution in [3.63, 3.8) is 0 Å². The van der Waals surface area contributed by atoms with Crippen molar-refractivity contribution in [3.05, 3.63) is 0 Å². The highest BCUT2D eigenvalue weighted by atomic mass is 31.2. The predicted octanol–water partition coefficient (Wildman–Crippen LogP) is 1.62. The third-order valence-corrected chi connectivity index (χ3v) is 5.04. The van der Waals surface area contributed by atoms with Gasteiger partial charge in [-0.1, -0.05) is 33.6 Å². The van der Waals surface area contributed by atoms with E-state index in [1.54, 1.807) is 13.8 Å². The summed E-state index contributed by atoms with van der Waals surface area (Å²) in [5, 5.41) is -1.70. The highest BCUT2D eigenvalue weighted by molar-refractivity contribution is 7.54. The van der Waals surface area contributed by atoms with E-state index in [1.165, 1.54) is 0 Å². The Bertz CT molecular complexity index is 289. The Morgan fingerprint density at radius 1 is 1.38 bits per heavy atom. The van der Waals surface area contributed by atoms with Gasteiger partial charge in [0.05, 0.1) is 0 Å². The molecule has 4 N–H and O–H groups in total. The normalized spacial score (nSPS) is 17.8. The molecule has 0 saturated heterocycles. The number of primary amides is 1. The molecular formula is C10H22NO4P. The molecule has 0 aliphatic rings. The van der Waals surface area contributed by atoms with Crippen LogP contribution in [0.5, 0.6) is 0 Å². The average molecular weight is 251 g/mol. The van der Waals surface area contributed by atoms with Crippen LogP contribution in [0.2, 0.25) is 0 Å².